The molecule has 1 amide bonds. The van der Waals surface area contributed by atoms with E-state index >= 15 is 0 Å². The average molecular weight is 329 g/mol. The Bertz CT molecular complexity index is 386. The number of likely N-dealkylation sites (N-methyl/N-ethyl adjacent to an activating group) is 1. The Labute approximate surface area is 137 Å². The highest BCUT2D eigenvalue weighted by Crippen LogP contribution is 2.17. The first-order valence-corrected chi connectivity index (χ1v) is 9.10. The van der Waals surface area contributed by atoms with Crippen molar-refractivity contribution in [2.24, 2.45) is 5.92 Å². The quantitative estimate of drug-likeness (QED) is 0.676. The normalized spacial score (nSPS) is 24.8. The molecular formula is C15H27N3O3S. The summed E-state index contributed by atoms with van der Waals surface area (Å²) in [5.41, 5.74) is 0. The van der Waals surface area contributed by atoms with Gasteiger partial charge in [-0.3, -0.25) is 9.59 Å². The fourth-order valence-electron chi connectivity index (χ4n) is 2.85. The number of esters is 1. The van der Waals surface area contributed by atoms with E-state index in [1.54, 1.807) is 11.8 Å². The van der Waals surface area contributed by atoms with Crippen molar-refractivity contribution in [1.29, 1.82) is 0 Å². The fraction of sp³-hybridized carbons (Fsp3) is 0.867. The summed E-state index contributed by atoms with van der Waals surface area (Å²) in [6.45, 7) is 5.95. The zero-order chi connectivity index (χ0) is 15.9. The van der Waals surface area contributed by atoms with Crippen LogP contribution in [0.5, 0.6) is 0 Å². The van der Waals surface area contributed by atoms with Crippen LogP contribution in [0, 0.1) is 5.92 Å². The van der Waals surface area contributed by atoms with Gasteiger partial charge in [-0.2, -0.15) is 11.8 Å². The molecule has 2 aliphatic rings. The number of amides is 1. The van der Waals surface area contributed by atoms with Gasteiger partial charge in [0.25, 0.3) is 0 Å². The van der Waals surface area contributed by atoms with Crippen LogP contribution in [0.3, 0.4) is 0 Å². The lowest BCUT2D eigenvalue weighted by atomic mass is 10.1. The number of ether oxygens (including phenoxy) is 1. The monoisotopic (exact) mass is 329 g/mol. The van der Waals surface area contributed by atoms with Crippen LogP contribution in [0.1, 0.15) is 6.42 Å². The van der Waals surface area contributed by atoms with E-state index in [9.17, 15) is 9.59 Å². The van der Waals surface area contributed by atoms with Gasteiger partial charge in [0.2, 0.25) is 5.91 Å². The van der Waals surface area contributed by atoms with E-state index < -0.39 is 0 Å². The topological polar surface area (TPSA) is 53.1 Å². The zero-order valence-electron chi connectivity index (χ0n) is 13.6. The molecule has 0 spiro atoms. The predicted molar refractivity (Wildman–Crippen MR) is 88.0 cm³/mol. The van der Waals surface area contributed by atoms with Crippen LogP contribution >= 0.6 is 11.8 Å². The van der Waals surface area contributed by atoms with Crippen molar-refractivity contribution in [1.82, 2.24) is 14.7 Å². The van der Waals surface area contributed by atoms with Crippen LogP contribution in [0.4, 0.5) is 0 Å². The lowest BCUT2D eigenvalue weighted by molar-refractivity contribution is -0.145. The molecule has 6 nitrogen and oxygen atoms in total. The molecule has 22 heavy (non-hydrogen) atoms. The van der Waals surface area contributed by atoms with E-state index in [1.165, 1.54) is 7.11 Å². The maximum Gasteiger partial charge on any atom is 0.310 e. The summed E-state index contributed by atoms with van der Waals surface area (Å²) >= 11 is 1.79. The van der Waals surface area contributed by atoms with Crippen molar-refractivity contribution in [3.63, 3.8) is 0 Å². The van der Waals surface area contributed by atoms with E-state index in [1.807, 2.05) is 4.90 Å². The van der Waals surface area contributed by atoms with Crippen molar-refractivity contribution in [2.45, 2.75) is 6.42 Å². The molecule has 0 bridgehead atoms. The molecule has 2 rings (SSSR count). The highest BCUT2D eigenvalue weighted by Gasteiger charge is 2.26. The summed E-state index contributed by atoms with van der Waals surface area (Å²) in [5, 5.41) is 0. The number of nitrogens with zero attached hydrogens (tertiary/aromatic N) is 3. The lowest BCUT2D eigenvalue weighted by Gasteiger charge is -2.33. The third-order valence-corrected chi connectivity index (χ3v) is 5.49. The Morgan fingerprint density at radius 1 is 1.18 bits per heavy atom. The Morgan fingerprint density at radius 2 is 1.91 bits per heavy atom. The molecule has 0 radical (unpaired) electrons. The number of rotatable bonds is 4. The van der Waals surface area contributed by atoms with Crippen molar-refractivity contribution in [3.8, 4) is 0 Å². The minimum absolute atomic E-state index is 0.0729. The van der Waals surface area contributed by atoms with E-state index in [2.05, 4.69) is 16.8 Å². The number of piperazine rings is 1. The molecule has 2 heterocycles. The van der Waals surface area contributed by atoms with Gasteiger partial charge in [0.15, 0.2) is 0 Å². The predicted octanol–water partition coefficient (Wildman–Crippen LogP) is -0.0115. The first kappa shape index (κ1) is 17.6. The molecule has 0 aromatic heterocycles. The smallest absolute Gasteiger partial charge is 0.310 e. The molecule has 0 N–H and O–H groups in total. The van der Waals surface area contributed by atoms with Crippen LogP contribution in [-0.2, 0) is 14.3 Å². The van der Waals surface area contributed by atoms with Crippen LogP contribution in [0.25, 0.3) is 0 Å². The highest BCUT2D eigenvalue weighted by molar-refractivity contribution is 7.99. The number of hydrogen-bond donors (Lipinski definition) is 0. The van der Waals surface area contributed by atoms with Crippen LogP contribution in [0.2, 0.25) is 0 Å². The molecule has 0 aromatic carbocycles. The van der Waals surface area contributed by atoms with E-state index in [4.69, 9.17) is 4.74 Å². The third-order valence-electron chi connectivity index (χ3n) is 4.38. The van der Waals surface area contributed by atoms with Crippen molar-refractivity contribution in [3.05, 3.63) is 0 Å². The van der Waals surface area contributed by atoms with E-state index in [0.717, 1.165) is 50.8 Å². The summed E-state index contributed by atoms with van der Waals surface area (Å²) in [5.74, 6) is 1.85. The lowest BCUT2D eigenvalue weighted by Crippen LogP contribution is -2.48. The molecule has 2 aliphatic heterocycles. The molecule has 0 aromatic rings. The summed E-state index contributed by atoms with van der Waals surface area (Å²) < 4.78 is 4.87. The van der Waals surface area contributed by atoms with Gasteiger partial charge in [0.05, 0.1) is 13.0 Å². The van der Waals surface area contributed by atoms with Crippen molar-refractivity contribution in [2.75, 3.05) is 71.5 Å². The van der Waals surface area contributed by atoms with Crippen LogP contribution in [0.15, 0.2) is 0 Å². The summed E-state index contributed by atoms with van der Waals surface area (Å²) in [4.78, 5) is 30.5. The van der Waals surface area contributed by atoms with Gasteiger partial charge >= 0.3 is 5.97 Å². The Morgan fingerprint density at radius 3 is 2.59 bits per heavy atom. The Hall–Kier alpha value is -0.790. The maximum absolute atomic E-state index is 12.3. The standard InChI is InChI=1S/C15H27N3O3S/c1-16-5-7-18(8-6-16)14(19)3-4-17-9-10-22-12-13(11-17)15(20)21-2/h13H,3-12H2,1-2H3/t13-/m1/s1. The second-order valence-corrected chi connectivity index (χ2v) is 7.18. The Balaban J connectivity index is 1.77. The molecule has 0 unspecified atom stereocenters. The molecule has 1 atom stereocenters. The molecule has 7 heteroatoms. The van der Waals surface area contributed by atoms with Crippen LogP contribution in [-0.4, -0.2) is 98.1 Å². The molecule has 0 aliphatic carbocycles. The zero-order valence-corrected chi connectivity index (χ0v) is 14.4. The average Bonchev–Trinajstić information content (AvgIpc) is 2.78. The van der Waals surface area contributed by atoms with Gasteiger partial charge in [-0.1, -0.05) is 0 Å². The van der Waals surface area contributed by atoms with Gasteiger partial charge in [0, 0.05) is 63.7 Å². The number of carbonyl (C=O) groups is 2. The van der Waals surface area contributed by atoms with Gasteiger partial charge in [-0.25, -0.2) is 0 Å². The SMILES string of the molecule is COC(=O)[C@H]1CSCCN(CCC(=O)N2CCN(C)CC2)C1. The van der Waals surface area contributed by atoms with Crippen LogP contribution < -0.4 is 0 Å². The number of carbonyl (C=O) groups excluding carboxylic acids is 2. The third kappa shape index (κ3) is 5.14. The van der Waals surface area contributed by atoms with Gasteiger partial charge in [-0.05, 0) is 7.05 Å². The second-order valence-electron chi connectivity index (χ2n) is 6.03. The fourth-order valence-corrected chi connectivity index (χ4v) is 3.93. The van der Waals surface area contributed by atoms with E-state index in [-0.39, 0.29) is 17.8 Å². The molecule has 126 valence electrons. The molecule has 2 saturated heterocycles. The van der Waals surface area contributed by atoms with Gasteiger partial charge in [0.1, 0.15) is 0 Å². The number of methoxy groups -OCH3 is 1. The number of hydrogen-bond acceptors (Lipinski definition) is 6. The Kier molecular flexibility index (Phi) is 6.98. The first-order valence-electron chi connectivity index (χ1n) is 7.94. The first-order chi connectivity index (χ1) is 10.6. The minimum atomic E-state index is -0.134. The summed E-state index contributed by atoms with van der Waals surface area (Å²) in [6, 6.07) is 0. The molecule has 2 fully saturated rings. The summed E-state index contributed by atoms with van der Waals surface area (Å²) in [6.07, 6.45) is 0.544. The minimum Gasteiger partial charge on any atom is -0.469 e. The molecule has 0 saturated carbocycles. The number of thioether (sulfide) groups is 1. The largest absolute Gasteiger partial charge is 0.469 e. The second kappa shape index (κ2) is 8.74. The highest BCUT2D eigenvalue weighted by atomic mass is 32.2. The molecular weight excluding hydrogens is 302 g/mol. The van der Waals surface area contributed by atoms with Crippen molar-refractivity contribution >= 4 is 23.6 Å². The maximum atomic E-state index is 12.3. The van der Waals surface area contributed by atoms with Crippen molar-refractivity contribution < 1.29 is 14.3 Å². The van der Waals surface area contributed by atoms with Gasteiger partial charge < -0.3 is 19.4 Å². The summed E-state index contributed by atoms with van der Waals surface area (Å²) in [7, 11) is 3.53. The van der Waals surface area contributed by atoms with E-state index in [0.29, 0.717) is 13.0 Å². The van der Waals surface area contributed by atoms with Gasteiger partial charge in [-0.15, -0.1) is 0 Å².